The van der Waals surface area contributed by atoms with E-state index in [2.05, 4.69) is 10.6 Å². The van der Waals surface area contributed by atoms with E-state index in [-0.39, 0.29) is 21.3 Å². The van der Waals surface area contributed by atoms with Gasteiger partial charge >= 0.3 is 0 Å². The third-order valence-electron chi connectivity index (χ3n) is 3.12. The van der Waals surface area contributed by atoms with Gasteiger partial charge in [-0.1, -0.05) is 35.3 Å². The van der Waals surface area contributed by atoms with Crippen molar-refractivity contribution >= 4 is 58.1 Å². The number of carboxylic acids is 1. The molecule has 8 heteroatoms. The maximum absolute atomic E-state index is 12.2. The van der Waals surface area contributed by atoms with Gasteiger partial charge in [-0.3, -0.25) is 10.1 Å². The average Bonchev–Trinajstić information content (AvgIpc) is 2.48. The Morgan fingerprint density at radius 1 is 1.12 bits per heavy atom. The van der Waals surface area contributed by atoms with Crippen LogP contribution in [-0.4, -0.2) is 17.0 Å². The lowest BCUT2D eigenvalue weighted by Gasteiger charge is -2.14. The lowest BCUT2D eigenvalue weighted by atomic mass is 10.1. The van der Waals surface area contributed by atoms with Crippen molar-refractivity contribution in [2.75, 3.05) is 5.32 Å². The van der Waals surface area contributed by atoms with Crippen molar-refractivity contribution in [3.8, 4) is 0 Å². The summed E-state index contributed by atoms with van der Waals surface area (Å²) in [5.41, 5.74) is 1.41. The van der Waals surface area contributed by atoms with Gasteiger partial charge in [0.1, 0.15) is 0 Å². The highest BCUT2D eigenvalue weighted by atomic mass is 35.5. The van der Waals surface area contributed by atoms with Gasteiger partial charge in [-0.25, -0.2) is 0 Å². The number of hydrogen-bond acceptors (Lipinski definition) is 4. The first-order chi connectivity index (χ1) is 11.3. The SMILES string of the molecule is Cc1ccc(C(=O)[O-])cc1NC(=S)NC(=O)c1ccc(Cl)cc1Cl. The number of carboxylic acid groups (broad SMARTS) is 1. The quantitative estimate of drug-likeness (QED) is 0.798. The van der Waals surface area contributed by atoms with Crippen molar-refractivity contribution in [2.24, 2.45) is 0 Å². The van der Waals surface area contributed by atoms with E-state index in [0.717, 1.165) is 5.56 Å². The number of benzene rings is 2. The standard InChI is InChI=1S/C16H12Cl2N2O3S/c1-8-2-3-9(15(22)23)6-13(8)19-16(24)20-14(21)11-5-4-10(17)7-12(11)18/h2-7H,1H3,(H,22,23)(H2,19,20,21,24)/p-1. The minimum atomic E-state index is -1.30. The van der Waals surface area contributed by atoms with E-state index in [9.17, 15) is 14.7 Å². The van der Waals surface area contributed by atoms with Gasteiger partial charge in [0.05, 0.1) is 16.6 Å². The van der Waals surface area contributed by atoms with Gasteiger partial charge in [-0.15, -0.1) is 0 Å². The minimum absolute atomic E-state index is 0.00188. The van der Waals surface area contributed by atoms with Crippen LogP contribution in [-0.2, 0) is 0 Å². The number of thiocarbonyl (C=S) groups is 1. The van der Waals surface area contributed by atoms with Crippen LogP contribution in [0.2, 0.25) is 10.0 Å². The van der Waals surface area contributed by atoms with Crippen LogP contribution in [0.15, 0.2) is 36.4 Å². The second-order valence-electron chi connectivity index (χ2n) is 4.85. The van der Waals surface area contributed by atoms with Crippen molar-refractivity contribution in [2.45, 2.75) is 6.92 Å². The third kappa shape index (κ3) is 4.44. The molecule has 0 saturated carbocycles. The first-order valence-corrected chi connectivity index (χ1v) is 7.83. The molecule has 2 aromatic rings. The largest absolute Gasteiger partial charge is 0.545 e. The molecule has 0 aliphatic carbocycles. The minimum Gasteiger partial charge on any atom is -0.545 e. The molecule has 0 fully saturated rings. The van der Waals surface area contributed by atoms with Crippen LogP contribution in [0, 0.1) is 6.92 Å². The first-order valence-electron chi connectivity index (χ1n) is 6.67. The van der Waals surface area contributed by atoms with Gasteiger partial charge in [-0.2, -0.15) is 0 Å². The second kappa shape index (κ2) is 7.61. The number of anilines is 1. The van der Waals surface area contributed by atoms with Gasteiger partial charge in [-0.05, 0) is 54.5 Å². The lowest BCUT2D eigenvalue weighted by molar-refractivity contribution is -0.255. The highest BCUT2D eigenvalue weighted by Crippen LogP contribution is 2.21. The average molecular weight is 382 g/mol. The van der Waals surface area contributed by atoms with E-state index in [1.165, 1.54) is 30.3 Å². The van der Waals surface area contributed by atoms with E-state index in [4.69, 9.17) is 35.4 Å². The van der Waals surface area contributed by atoms with Crippen LogP contribution in [0.1, 0.15) is 26.3 Å². The normalized spacial score (nSPS) is 10.1. The summed E-state index contributed by atoms with van der Waals surface area (Å²) in [6, 6.07) is 8.86. The molecule has 2 rings (SSSR count). The Morgan fingerprint density at radius 3 is 2.46 bits per heavy atom. The third-order valence-corrected chi connectivity index (χ3v) is 3.88. The van der Waals surface area contributed by atoms with Gasteiger partial charge in [0.25, 0.3) is 5.91 Å². The summed E-state index contributed by atoms with van der Waals surface area (Å²) in [6.07, 6.45) is 0. The van der Waals surface area contributed by atoms with Crippen molar-refractivity contribution in [1.29, 1.82) is 0 Å². The van der Waals surface area contributed by atoms with Crippen molar-refractivity contribution in [3.63, 3.8) is 0 Å². The van der Waals surface area contributed by atoms with Gasteiger partial charge in [0.15, 0.2) is 5.11 Å². The molecule has 5 nitrogen and oxygen atoms in total. The monoisotopic (exact) mass is 381 g/mol. The molecule has 24 heavy (non-hydrogen) atoms. The fourth-order valence-corrected chi connectivity index (χ4v) is 2.58. The Balaban J connectivity index is 2.12. The first kappa shape index (κ1) is 18.2. The number of rotatable bonds is 3. The molecule has 0 radical (unpaired) electrons. The van der Waals surface area contributed by atoms with Crippen LogP contribution in [0.4, 0.5) is 5.69 Å². The van der Waals surface area contributed by atoms with Crippen LogP contribution < -0.4 is 15.7 Å². The molecule has 2 N–H and O–H groups in total. The van der Waals surface area contributed by atoms with Crippen LogP contribution >= 0.6 is 35.4 Å². The number of amides is 1. The van der Waals surface area contributed by atoms with Crippen LogP contribution in [0.25, 0.3) is 0 Å². The molecule has 0 heterocycles. The fraction of sp³-hybridized carbons (Fsp3) is 0.0625. The van der Waals surface area contributed by atoms with Crippen LogP contribution in [0.3, 0.4) is 0 Å². The summed E-state index contributed by atoms with van der Waals surface area (Å²) < 4.78 is 0. The van der Waals surface area contributed by atoms with Crippen molar-refractivity contribution in [3.05, 3.63) is 63.1 Å². The Morgan fingerprint density at radius 2 is 1.83 bits per heavy atom. The van der Waals surface area contributed by atoms with Gasteiger partial charge in [0, 0.05) is 10.7 Å². The number of carbonyl (C=O) groups is 2. The number of halogens is 2. The zero-order chi connectivity index (χ0) is 17.9. The summed E-state index contributed by atoms with van der Waals surface area (Å²) in [6.45, 7) is 1.77. The number of nitrogens with one attached hydrogen (secondary N) is 2. The van der Waals surface area contributed by atoms with E-state index in [1.807, 2.05) is 0 Å². The molecular weight excluding hydrogens is 371 g/mol. The van der Waals surface area contributed by atoms with Crippen LogP contribution in [0.5, 0.6) is 0 Å². The van der Waals surface area contributed by atoms with Gasteiger partial charge in [0.2, 0.25) is 0 Å². The Labute approximate surface area is 153 Å². The number of aryl methyl sites for hydroxylation is 1. The summed E-state index contributed by atoms with van der Waals surface area (Å²) in [5.74, 6) is -1.82. The molecule has 0 aliphatic heterocycles. The molecular formula is C16H11Cl2N2O3S-. The van der Waals surface area contributed by atoms with E-state index < -0.39 is 11.9 Å². The van der Waals surface area contributed by atoms with E-state index in [1.54, 1.807) is 13.0 Å². The molecule has 0 bridgehead atoms. The molecule has 0 spiro atoms. The maximum atomic E-state index is 12.2. The molecule has 1 amide bonds. The maximum Gasteiger partial charge on any atom is 0.258 e. The molecule has 124 valence electrons. The molecule has 0 atom stereocenters. The topological polar surface area (TPSA) is 81.3 Å². The van der Waals surface area contributed by atoms with Gasteiger partial charge < -0.3 is 15.2 Å². The summed E-state index contributed by atoms with van der Waals surface area (Å²) >= 11 is 16.8. The zero-order valence-electron chi connectivity index (χ0n) is 12.4. The Hall–Kier alpha value is -2.15. The summed E-state index contributed by atoms with van der Waals surface area (Å²) in [5, 5.41) is 16.8. The highest BCUT2D eigenvalue weighted by Gasteiger charge is 2.13. The number of aromatic carboxylic acids is 1. The van der Waals surface area contributed by atoms with E-state index in [0.29, 0.717) is 10.7 Å². The lowest BCUT2D eigenvalue weighted by Crippen LogP contribution is -2.34. The smallest absolute Gasteiger partial charge is 0.258 e. The Bertz CT molecular complexity index is 840. The fourth-order valence-electron chi connectivity index (χ4n) is 1.88. The predicted molar refractivity (Wildman–Crippen MR) is 95.7 cm³/mol. The molecule has 0 saturated heterocycles. The summed E-state index contributed by atoms with van der Waals surface area (Å²) in [7, 11) is 0. The number of carbonyl (C=O) groups excluding carboxylic acids is 2. The van der Waals surface area contributed by atoms with E-state index >= 15 is 0 Å². The van der Waals surface area contributed by atoms with Crippen molar-refractivity contribution in [1.82, 2.24) is 5.32 Å². The molecule has 2 aromatic carbocycles. The summed E-state index contributed by atoms with van der Waals surface area (Å²) in [4.78, 5) is 23.1. The molecule has 0 aromatic heterocycles. The van der Waals surface area contributed by atoms with Crippen molar-refractivity contribution < 1.29 is 14.7 Å². The Kier molecular flexibility index (Phi) is 5.77. The molecule has 0 aliphatic rings. The number of hydrogen-bond donors (Lipinski definition) is 2. The zero-order valence-corrected chi connectivity index (χ0v) is 14.7. The molecule has 0 unspecified atom stereocenters. The highest BCUT2D eigenvalue weighted by molar-refractivity contribution is 7.80. The predicted octanol–water partition coefficient (Wildman–Crippen LogP) is 2.79. The second-order valence-corrected chi connectivity index (χ2v) is 6.10.